The Morgan fingerprint density at radius 3 is 2.30 bits per heavy atom. The molecule has 4 nitrogen and oxygen atoms in total. The van der Waals surface area contributed by atoms with Crippen LogP contribution in [0.4, 0.5) is 0 Å². The van der Waals surface area contributed by atoms with Gasteiger partial charge >= 0.3 is 0 Å². The monoisotopic (exact) mass is 273 g/mol. The molecular formula is C16H19NO3. The Labute approximate surface area is 118 Å². The Bertz CT molecular complexity index is 571. The van der Waals surface area contributed by atoms with E-state index in [0.29, 0.717) is 0 Å². The van der Waals surface area contributed by atoms with E-state index in [4.69, 9.17) is 10.2 Å². The molecule has 0 atom stereocenters. The van der Waals surface area contributed by atoms with E-state index < -0.39 is 0 Å². The molecule has 0 saturated heterocycles. The molecule has 2 aromatic carbocycles. The first kappa shape index (κ1) is 14.5. The number of rotatable bonds is 6. The van der Waals surface area contributed by atoms with E-state index in [0.717, 1.165) is 16.3 Å². The van der Waals surface area contributed by atoms with Crippen molar-refractivity contribution < 1.29 is 15.0 Å². The van der Waals surface area contributed by atoms with Gasteiger partial charge in [-0.2, -0.15) is 0 Å². The topological polar surface area (TPSA) is 60.8 Å². The second kappa shape index (κ2) is 7.03. The lowest BCUT2D eigenvalue weighted by atomic mass is 10.0. The third-order valence-electron chi connectivity index (χ3n) is 3.31. The van der Waals surface area contributed by atoms with Crippen LogP contribution in [0.25, 0.3) is 10.8 Å². The Morgan fingerprint density at radius 1 is 0.950 bits per heavy atom. The molecule has 1 amide bonds. The van der Waals surface area contributed by atoms with Gasteiger partial charge < -0.3 is 15.1 Å². The number of amides is 1. The Kier molecular flexibility index (Phi) is 5.09. The lowest BCUT2D eigenvalue weighted by Gasteiger charge is -2.21. The van der Waals surface area contributed by atoms with Crippen LogP contribution in [0, 0.1) is 0 Å². The summed E-state index contributed by atoms with van der Waals surface area (Å²) in [5.74, 6) is -0.0792. The van der Waals surface area contributed by atoms with Gasteiger partial charge in [0.05, 0.1) is 19.6 Å². The fraction of sp³-hybridized carbons (Fsp3) is 0.312. The first-order valence-corrected chi connectivity index (χ1v) is 6.72. The third kappa shape index (κ3) is 3.35. The number of hydrogen-bond acceptors (Lipinski definition) is 3. The van der Waals surface area contributed by atoms with E-state index in [2.05, 4.69) is 0 Å². The van der Waals surface area contributed by atoms with Gasteiger partial charge in [-0.1, -0.05) is 42.5 Å². The van der Waals surface area contributed by atoms with Crippen LogP contribution in [0.3, 0.4) is 0 Å². The summed E-state index contributed by atoms with van der Waals surface area (Å²) in [5.41, 5.74) is 0.967. The smallest absolute Gasteiger partial charge is 0.227 e. The molecule has 4 heteroatoms. The van der Waals surface area contributed by atoms with E-state index in [1.807, 2.05) is 42.5 Å². The number of nitrogens with zero attached hydrogens (tertiary/aromatic N) is 1. The number of aliphatic hydroxyl groups excluding tert-OH is 2. The summed E-state index contributed by atoms with van der Waals surface area (Å²) in [6, 6.07) is 13.8. The largest absolute Gasteiger partial charge is 0.395 e. The molecule has 2 rings (SSSR count). The second-order valence-corrected chi connectivity index (χ2v) is 4.64. The van der Waals surface area contributed by atoms with Crippen LogP contribution in [0.15, 0.2) is 42.5 Å². The molecule has 0 aliphatic heterocycles. The zero-order chi connectivity index (χ0) is 14.4. The van der Waals surface area contributed by atoms with E-state index in [1.54, 1.807) is 0 Å². The molecule has 2 N–H and O–H groups in total. The van der Waals surface area contributed by atoms with E-state index >= 15 is 0 Å². The average Bonchev–Trinajstić information content (AvgIpc) is 2.47. The summed E-state index contributed by atoms with van der Waals surface area (Å²) in [7, 11) is 0. The zero-order valence-corrected chi connectivity index (χ0v) is 11.3. The predicted octanol–water partition coefficient (Wildman–Crippen LogP) is 1.20. The maximum atomic E-state index is 12.2. The highest BCUT2D eigenvalue weighted by molar-refractivity contribution is 5.90. The quantitative estimate of drug-likeness (QED) is 0.831. The minimum absolute atomic E-state index is 0.0792. The summed E-state index contributed by atoms with van der Waals surface area (Å²) < 4.78 is 0. The minimum Gasteiger partial charge on any atom is -0.395 e. The molecule has 20 heavy (non-hydrogen) atoms. The maximum Gasteiger partial charge on any atom is 0.227 e. The van der Waals surface area contributed by atoms with Crippen molar-refractivity contribution in [2.75, 3.05) is 26.3 Å². The van der Waals surface area contributed by atoms with Gasteiger partial charge in [-0.15, -0.1) is 0 Å². The van der Waals surface area contributed by atoms with Crippen molar-refractivity contribution in [1.82, 2.24) is 4.90 Å². The minimum atomic E-state index is -0.0960. The van der Waals surface area contributed by atoms with Gasteiger partial charge in [0.2, 0.25) is 5.91 Å². The van der Waals surface area contributed by atoms with Crippen LogP contribution < -0.4 is 0 Å². The normalized spacial score (nSPS) is 10.7. The SMILES string of the molecule is O=C(Cc1cccc2ccccc12)N(CCO)CCO. The molecule has 0 unspecified atom stereocenters. The van der Waals surface area contributed by atoms with Crippen molar-refractivity contribution in [3.05, 3.63) is 48.0 Å². The Hall–Kier alpha value is -1.91. The van der Waals surface area contributed by atoms with Gasteiger partial charge in [0.15, 0.2) is 0 Å². The van der Waals surface area contributed by atoms with Crippen molar-refractivity contribution in [3.63, 3.8) is 0 Å². The molecule has 0 heterocycles. The van der Waals surface area contributed by atoms with Crippen molar-refractivity contribution in [1.29, 1.82) is 0 Å². The predicted molar refractivity (Wildman–Crippen MR) is 78.4 cm³/mol. The summed E-state index contributed by atoms with van der Waals surface area (Å²) in [4.78, 5) is 13.7. The Balaban J connectivity index is 2.20. The van der Waals surface area contributed by atoms with E-state index in [-0.39, 0.29) is 38.6 Å². The van der Waals surface area contributed by atoms with Crippen molar-refractivity contribution >= 4 is 16.7 Å². The number of benzene rings is 2. The van der Waals surface area contributed by atoms with Crippen molar-refractivity contribution in [3.8, 4) is 0 Å². The number of fused-ring (bicyclic) bond motifs is 1. The van der Waals surface area contributed by atoms with Gasteiger partial charge in [-0.3, -0.25) is 4.79 Å². The van der Waals surface area contributed by atoms with Crippen LogP contribution in [0.2, 0.25) is 0 Å². The molecule has 2 aromatic rings. The molecule has 0 aliphatic carbocycles. The van der Waals surface area contributed by atoms with Crippen LogP contribution in [0.5, 0.6) is 0 Å². The van der Waals surface area contributed by atoms with Gasteiger partial charge in [0.25, 0.3) is 0 Å². The van der Waals surface area contributed by atoms with Crippen LogP contribution in [-0.2, 0) is 11.2 Å². The molecule has 0 fully saturated rings. The highest BCUT2D eigenvalue weighted by Crippen LogP contribution is 2.19. The lowest BCUT2D eigenvalue weighted by Crippen LogP contribution is -2.36. The molecule has 0 spiro atoms. The van der Waals surface area contributed by atoms with Crippen molar-refractivity contribution in [2.45, 2.75) is 6.42 Å². The highest BCUT2D eigenvalue weighted by Gasteiger charge is 2.14. The lowest BCUT2D eigenvalue weighted by molar-refractivity contribution is -0.131. The highest BCUT2D eigenvalue weighted by atomic mass is 16.3. The first-order chi connectivity index (χ1) is 9.76. The maximum absolute atomic E-state index is 12.2. The van der Waals surface area contributed by atoms with Crippen LogP contribution in [0.1, 0.15) is 5.56 Å². The number of aliphatic hydroxyl groups is 2. The summed E-state index contributed by atoms with van der Waals surface area (Å²) in [6.07, 6.45) is 0.279. The molecule has 0 bridgehead atoms. The third-order valence-corrected chi connectivity index (χ3v) is 3.31. The number of hydrogen-bond donors (Lipinski definition) is 2. The fourth-order valence-corrected chi connectivity index (χ4v) is 2.32. The van der Waals surface area contributed by atoms with Crippen molar-refractivity contribution in [2.24, 2.45) is 0 Å². The van der Waals surface area contributed by atoms with Gasteiger partial charge in [0.1, 0.15) is 0 Å². The first-order valence-electron chi connectivity index (χ1n) is 6.72. The summed E-state index contributed by atoms with van der Waals surface area (Å²) in [5, 5.41) is 20.1. The van der Waals surface area contributed by atoms with E-state index in [9.17, 15) is 4.79 Å². The van der Waals surface area contributed by atoms with E-state index in [1.165, 1.54) is 4.90 Å². The Morgan fingerprint density at radius 2 is 1.60 bits per heavy atom. The summed E-state index contributed by atoms with van der Waals surface area (Å²) in [6.45, 7) is 0.316. The standard InChI is InChI=1S/C16H19NO3/c18-10-8-17(9-11-19)16(20)12-14-6-3-5-13-4-1-2-7-15(13)14/h1-7,18-19H,8-12H2. The second-order valence-electron chi connectivity index (χ2n) is 4.64. The molecule has 0 saturated carbocycles. The van der Waals surface area contributed by atoms with Gasteiger partial charge in [-0.05, 0) is 16.3 Å². The fourth-order valence-electron chi connectivity index (χ4n) is 2.32. The van der Waals surface area contributed by atoms with Crippen LogP contribution >= 0.6 is 0 Å². The molecule has 106 valence electrons. The molecule has 0 aromatic heterocycles. The summed E-state index contributed by atoms with van der Waals surface area (Å²) >= 11 is 0. The number of carbonyl (C=O) groups is 1. The number of carbonyl (C=O) groups excluding carboxylic acids is 1. The van der Waals surface area contributed by atoms with Gasteiger partial charge in [0, 0.05) is 13.1 Å². The molecule has 0 aliphatic rings. The molecular weight excluding hydrogens is 254 g/mol. The zero-order valence-electron chi connectivity index (χ0n) is 11.3. The van der Waals surface area contributed by atoms with Crippen LogP contribution in [-0.4, -0.2) is 47.3 Å². The average molecular weight is 273 g/mol. The van der Waals surface area contributed by atoms with Gasteiger partial charge in [-0.25, -0.2) is 0 Å². The molecule has 0 radical (unpaired) electrons.